The molecule has 0 saturated heterocycles. The van der Waals surface area contributed by atoms with Crippen LogP contribution in [0.25, 0.3) is 89.7 Å². The van der Waals surface area contributed by atoms with Crippen LogP contribution in [0.4, 0.5) is 0 Å². The Labute approximate surface area is 254 Å². The molecule has 0 unspecified atom stereocenters. The van der Waals surface area contributed by atoms with Crippen LogP contribution in [0.2, 0.25) is 0 Å². The van der Waals surface area contributed by atoms with Gasteiger partial charge in [0.05, 0.1) is 0 Å². The smallest absolute Gasteiger partial charge is 0.164 e. The summed E-state index contributed by atoms with van der Waals surface area (Å²) < 4.78 is 0. The van der Waals surface area contributed by atoms with Crippen molar-refractivity contribution in [2.45, 2.75) is 0 Å². The first-order chi connectivity index (χ1) is 19.8. The summed E-state index contributed by atoms with van der Waals surface area (Å²) in [6.07, 6.45) is 0. The second-order valence-corrected chi connectivity index (χ2v) is 9.79. The van der Waals surface area contributed by atoms with Crippen molar-refractivity contribution in [2.24, 2.45) is 0 Å². The van der Waals surface area contributed by atoms with Crippen molar-refractivity contribution in [1.29, 1.82) is 0 Å². The standard InChI is InChI=1S/C32H18N8.Na/c1-2-10-18-17(9-1)25-33-26(18)38-28-21-13-5-6-14-22(21)30(35-28)40-32-24-16-8-7-15-23(24)31(36-32)39-29-20-12-4-3-11-19(20)27(34-29)37-25;/h1-16H,(H2,33,34,35,36,37,38,39,40);. The fourth-order valence-corrected chi connectivity index (χ4v) is 5.59. The maximum Gasteiger partial charge on any atom is 0.164 e. The first kappa shape index (κ1) is 24.1. The Bertz CT molecular complexity index is 2030. The van der Waals surface area contributed by atoms with Crippen molar-refractivity contribution in [3.05, 3.63) is 97.1 Å². The van der Waals surface area contributed by atoms with Gasteiger partial charge in [0.1, 0.15) is 22.6 Å². The van der Waals surface area contributed by atoms with Crippen LogP contribution in [-0.4, -0.2) is 69.4 Å². The Hall–Kier alpha value is -4.76. The minimum atomic E-state index is 0. The quantitative estimate of drug-likeness (QED) is 0.214. The normalized spacial score (nSPS) is 11.7. The van der Waals surface area contributed by atoms with Gasteiger partial charge in [-0.1, -0.05) is 97.1 Å². The molecule has 187 valence electrons. The molecule has 2 aliphatic rings. The van der Waals surface area contributed by atoms with E-state index in [-0.39, 0.29) is 29.6 Å². The van der Waals surface area contributed by atoms with Crippen molar-refractivity contribution >= 4 is 73.7 Å². The summed E-state index contributed by atoms with van der Waals surface area (Å²) in [6.45, 7) is 0. The molecule has 8 bridgehead atoms. The Morgan fingerprint density at radius 1 is 0.317 bits per heavy atom. The Morgan fingerprint density at radius 2 is 0.561 bits per heavy atom. The van der Waals surface area contributed by atoms with Gasteiger partial charge in [0.25, 0.3) is 0 Å². The van der Waals surface area contributed by atoms with Gasteiger partial charge in [0.2, 0.25) is 0 Å². The van der Waals surface area contributed by atoms with E-state index in [1.807, 2.05) is 97.1 Å². The average molecular weight is 538 g/mol. The van der Waals surface area contributed by atoms with Crippen molar-refractivity contribution < 1.29 is 0 Å². The van der Waals surface area contributed by atoms with Gasteiger partial charge in [-0.15, -0.1) is 0 Å². The molecule has 9 heteroatoms. The number of benzene rings is 4. The van der Waals surface area contributed by atoms with Crippen LogP contribution < -0.4 is 0 Å². The number of H-pyrrole nitrogens is 2. The summed E-state index contributed by atoms with van der Waals surface area (Å²) in [6, 6.07) is 32.2. The number of nitrogens with zero attached hydrogens (tertiary/aromatic N) is 6. The van der Waals surface area contributed by atoms with Gasteiger partial charge >= 0.3 is 0 Å². The number of fused-ring (bicyclic) bond motifs is 20. The molecule has 9 rings (SSSR count). The third kappa shape index (κ3) is 3.65. The van der Waals surface area contributed by atoms with Crippen LogP contribution in [0.15, 0.2) is 97.1 Å². The van der Waals surface area contributed by atoms with E-state index in [9.17, 15) is 0 Å². The van der Waals surface area contributed by atoms with E-state index < -0.39 is 0 Å². The van der Waals surface area contributed by atoms with Crippen LogP contribution in [0.5, 0.6) is 0 Å². The minimum absolute atomic E-state index is 0. The minimum Gasteiger partial charge on any atom is -0.324 e. The molecule has 0 amide bonds. The van der Waals surface area contributed by atoms with Crippen LogP contribution in [0, 0.1) is 0 Å². The van der Waals surface area contributed by atoms with Gasteiger partial charge in [-0.3, -0.25) is 0 Å². The molecule has 4 aromatic carbocycles. The van der Waals surface area contributed by atoms with Crippen molar-refractivity contribution in [1.82, 2.24) is 39.9 Å². The van der Waals surface area contributed by atoms with Crippen LogP contribution in [0.3, 0.4) is 0 Å². The van der Waals surface area contributed by atoms with E-state index in [1.165, 1.54) is 0 Å². The molecule has 1 radical (unpaired) electrons. The van der Waals surface area contributed by atoms with Gasteiger partial charge in [-0.05, 0) is 0 Å². The number of aromatic nitrogens is 8. The zero-order valence-corrected chi connectivity index (χ0v) is 23.9. The zero-order chi connectivity index (χ0) is 26.2. The van der Waals surface area contributed by atoms with Gasteiger partial charge in [-0.25, -0.2) is 29.9 Å². The van der Waals surface area contributed by atoms with Crippen LogP contribution >= 0.6 is 0 Å². The van der Waals surface area contributed by atoms with E-state index in [4.69, 9.17) is 29.9 Å². The summed E-state index contributed by atoms with van der Waals surface area (Å²) in [5.41, 5.74) is 6.45. The Kier molecular flexibility index (Phi) is 5.36. The Balaban J connectivity index is 0.00000256. The third-order valence-electron chi connectivity index (χ3n) is 7.46. The molecule has 0 saturated carbocycles. The molecule has 2 aliphatic heterocycles. The maximum absolute atomic E-state index is 5.02. The van der Waals surface area contributed by atoms with Gasteiger partial charge in [-0.2, -0.15) is 0 Å². The molecule has 0 spiro atoms. The maximum atomic E-state index is 5.02. The fraction of sp³-hybridized carbons (Fsp3) is 0. The summed E-state index contributed by atoms with van der Waals surface area (Å²) >= 11 is 0. The molecule has 41 heavy (non-hydrogen) atoms. The topological polar surface area (TPSA) is 109 Å². The molecule has 7 aromatic rings. The molecular formula is C32H18N8Na. The SMILES string of the molecule is [Na].c1ccc2c(c1)-c1nc-2nc2[nH]c(nc3nc(nc4[nH]c(n1)c1ccccc41)-c1ccccc1-3)c1ccccc21. The summed E-state index contributed by atoms with van der Waals surface area (Å²) in [5.74, 6) is 2.39. The van der Waals surface area contributed by atoms with Crippen molar-refractivity contribution in [2.75, 3.05) is 0 Å². The molecular weight excluding hydrogens is 519 g/mol. The van der Waals surface area contributed by atoms with Crippen LogP contribution in [0.1, 0.15) is 0 Å². The van der Waals surface area contributed by atoms with Gasteiger partial charge < -0.3 is 9.97 Å². The molecule has 0 aliphatic carbocycles. The predicted octanol–water partition coefficient (Wildman–Crippen LogP) is 6.49. The molecule has 3 aromatic heterocycles. The van der Waals surface area contributed by atoms with Gasteiger partial charge in [0.15, 0.2) is 23.3 Å². The molecule has 0 fully saturated rings. The first-order valence-corrected chi connectivity index (χ1v) is 13.0. The third-order valence-corrected chi connectivity index (χ3v) is 7.46. The summed E-state index contributed by atoms with van der Waals surface area (Å²) in [5, 5.41) is 3.82. The summed E-state index contributed by atoms with van der Waals surface area (Å²) in [7, 11) is 0. The second kappa shape index (κ2) is 9.14. The largest absolute Gasteiger partial charge is 0.324 e. The average Bonchev–Trinajstić information content (AvgIpc) is 3.73. The monoisotopic (exact) mass is 537 g/mol. The van der Waals surface area contributed by atoms with E-state index in [0.29, 0.717) is 45.9 Å². The fourth-order valence-electron chi connectivity index (χ4n) is 5.59. The van der Waals surface area contributed by atoms with Crippen LogP contribution in [-0.2, 0) is 0 Å². The second-order valence-electron chi connectivity index (χ2n) is 9.79. The van der Waals surface area contributed by atoms with E-state index in [2.05, 4.69) is 9.97 Å². The van der Waals surface area contributed by atoms with E-state index in [0.717, 1.165) is 43.8 Å². The van der Waals surface area contributed by atoms with E-state index in [1.54, 1.807) is 0 Å². The number of rotatable bonds is 0. The molecule has 8 nitrogen and oxygen atoms in total. The number of aromatic amines is 2. The molecule has 2 N–H and O–H groups in total. The number of nitrogens with one attached hydrogen (secondary N) is 2. The van der Waals surface area contributed by atoms with Gasteiger partial charge in [0, 0.05) is 73.4 Å². The van der Waals surface area contributed by atoms with Crippen molar-refractivity contribution in [3.8, 4) is 45.6 Å². The molecule has 5 heterocycles. The Morgan fingerprint density at radius 3 is 0.829 bits per heavy atom. The van der Waals surface area contributed by atoms with E-state index >= 15 is 0 Å². The zero-order valence-electron chi connectivity index (χ0n) is 21.9. The van der Waals surface area contributed by atoms with Crippen molar-refractivity contribution in [3.63, 3.8) is 0 Å². The molecule has 0 atom stereocenters. The number of hydrogen-bond donors (Lipinski definition) is 2. The summed E-state index contributed by atoms with van der Waals surface area (Å²) in [4.78, 5) is 36.8. The number of hydrogen-bond acceptors (Lipinski definition) is 6. The first-order valence-electron chi connectivity index (χ1n) is 13.0. The predicted molar refractivity (Wildman–Crippen MR) is 162 cm³/mol.